The zero-order chi connectivity index (χ0) is 47.2. The Labute approximate surface area is 397 Å². The van der Waals surface area contributed by atoms with Gasteiger partial charge >= 0.3 is 0 Å². The fraction of sp³-hybridized carbons (Fsp3) is 0.484. The van der Waals surface area contributed by atoms with Crippen LogP contribution in [0.5, 0.6) is 0 Å². The van der Waals surface area contributed by atoms with Crippen LogP contribution in [0.2, 0.25) is 0 Å². The number of benzene rings is 5. The lowest BCUT2D eigenvalue weighted by molar-refractivity contribution is 0.332. The van der Waals surface area contributed by atoms with E-state index in [1.165, 1.54) is 139 Å². The quantitative estimate of drug-likeness (QED) is 0.161. The molecule has 3 heterocycles. The minimum Gasteiger partial charge on any atom is -0.468 e. The van der Waals surface area contributed by atoms with Crippen LogP contribution in [0.4, 0.5) is 34.1 Å². The van der Waals surface area contributed by atoms with Crippen molar-refractivity contribution in [3.63, 3.8) is 0 Å². The minimum absolute atomic E-state index is 0.0444. The maximum atomic E-state index is 7.69. The summed E-state index contributed by atoms with van der Waals surface area (Å²) in [5.41, 5.74) is 25.5. The van der Waals surface area contributed by atoms with Crippen LogP contribution >= 0.6 is 0 Å². The third-order valence-electron chi connectivity index (χ3n) is 18.1. The van der Waals surface area contributed by atoms with E-state index in [1.807, 2.05) is 0 Å². The smallest absolute Gasteiger partial charge is 0.297 e. The average molecular weight is 875 g/mol. The molecular weight excluding hydrogens is 800 g/mol. The molecule has 2 aliphatic heterocycles. The van der Waals surface area contributed by atoms with Gasteiger partial charge in [0.1, 0.15) is 5.58 Å². The fourth-order valence-electron chi connectivity index (χ4n) is 13.4. The van der Waals surface area contributed by atoms with Gasteiger partial charge in [-0.25, -0.2) is 0 Å². The molecular formula is C62H75BN2O. The van der Waals surface area contributed by atoms with Crippen molar-refractivity contribution in [2.75, 3.05) is 9.80 Å². The highest BCUT2D eigenvalue weighted by Gasteiger charge is 2.50. The molecule has 11 rings (SSSR count). The van der Waals surface area contributed by atoms with E-state index >= 15 is 0 Å². The van der Waals surface area contributed by atoms with Crippen molar-refractivity contribution in [1.82, 2.24) is 0 Å². The second-order valence-corrected chi connectivity index (χ2v) is 26.8. The van der Waals surface area contributed by atoms with Crippen molar-refractivity contribution in [1.29, 1.82) is 0 Å². The lowest BCUT2D eigenvalue weighted by Gasteiger charge is -2.47. The molecule has 0 bridgehead atoms. The Kier molecular flexibility index (Phi) is 8.97. The number of fused-ring (bicyclic) bond motifs is 9. The number of rotatable bonds is 2. The van der Waals surface area contributed by atoms with Gasteiger partial charge in [-0.3, -0.25) is 0 Å². The Bertz CT molecular complexity index is 3070. The van der Waals surface area contributed by atoms with Crippen molar-refractivity contribution in [3.8, 4) is 0 Å². The molecule has 1 aromatic heterocycles. The number of hydrogen-bond donors (Lipinski definition) is 0. The highest BCUT2D eigenvalue weighted by Crippen LogP contribution is 2.55. The van der Waals surface area contributed by atoms with Gasteiger partial charge in [-0.1, -0.05) is 128 Å². The largest absolute Gasteiger partial charge is 0.468 e. The Balaban J connectivity index is 1.28. The van der Waals surface area contributed by atoms with Gasteiger partial charge in [-0.2, -0.15) is 0 Å². The normalized spacial score (nSPS) is 21.1. The molecule has 6 aromatic rings. The summed E-state index contributed by atoms with van der Waals surface area (Å²) in [6.07, 6.45) is 7.04. The van der Waals surface area contributed by atoms with E-state index in [2.05, 4.69) is 200 Å². The molecule has 3 nitrogen and oxygen atoms in total. The van der Waals surface area contributed by atoms with Crippen LogP contribution in [0.3, 0.4) is 0 Å². The Morgan fingerprint density at radius 2 is 0.985 bits per heavy atom. The minimum atomic E-state index is -0.0909. The zero-order valence-electron chi connectivity index (χ0n) is 43.6. The van der Waals surface area contributed by atoms with Gasteiger partial charge in [0, 0.05) is 33.8 Å². The molecule has 342 valence electrons. The zero-order valence-corrected chi connectivity index (χ0v) is 43.6. The van der Waals surface area contributed by atoms with E-state index in [4.69, 9.17) is 4.42 Å². The molecule has 0 spiro atoms. The molecule has 0 saturated heterocycles. The number of hydrogen-bond acceptors (Lipinski definition) is 3. The average Bonchev–Trinajstić information content (AvgIpc) is 3.60. The van der Waals surface area contributed by atoms with Crippen molar-refractivity contribution < 1.29 is 4.42 Å². The number of nitrogens with zero attached hydrogens (tertiary/aromatic N) is 2. The third kappa shape index (κ3) is 6.20. The van der Waals surface area contributed by atoms with Crippen molar-refractivity contribution in [3.05, 3.63) is 123 Å². The molecule has 66 heavy (non-hydrogen) atoms. The predicted octanol–water partition coefficient (Wildman–Crippen LogP) is 15.5. The first kappa shape index (κ1) is 43.8. The van der Waals surface area contributed by atoms with Gasteiger partial charge in [-0.15, -0.1) is 0 Å². The molecule has 4 heteroatoms. The van der Waals surface area contributed by atoms with E-state index in [1.54, 1.807) is 0 Å². The molecule has 0 unspecified atom stereocenters. The van der Waals surface area contributed by atoms with E-state index in [0.29, 0.717) is 0 Å². The van der Waals surface area contributed by atoms with Gasteiger partial charge in [0.2, 0.25) is 0 Å². The maximum Gasteiger partial charge on any atom is 0.297 e. The van der Waals surface area contributed by atoms with E-state index in [9.17, 15) is 0 Å². The van der Waals surface area contributed by atoms with Crippen molar-refractivity contribution in [2.24, 2.45) is 0 Å². The van der Waals surface area contributed by atoms with Crippen LogP contribution in [0.25, 0.3) is 11.0 Å². The SMILES string of the molecule is Cc1cc2c3c(c1)N(c1ccc4c(c1)C(C)(C)CCC4(C)C)c1c(oc4cc5c(cc14)C(C)(C)CCC5(C)C)B3c1cc3c(cc1N2c1ccc(C(C)(C)C)cc1C)C(C)(C)CCC3(C)C. The third-order valence-corrected chi connectivity index (χ3v) is 18.1. The standard InChI is InChI=1S/C62H75BN2O/c1-36-28-50-53-51(29-36)65(48-21-18-38(30-37(48)2)56(3,4)5)49-34-45-44(60(12,13)25-26-61(45,14)15)33-47(49)63(53)55-54(40-32-43-46(35-52(40)66-55)62(16,17)27-24-59(43,10)11)64(50)39-19-20-41-42(31-39)58(8,9)23-22-57(41,6)7/h18-21,28-35H,22-27H2,1-17H3. The molecule has 0 radical (unpaired) electrons. The summed E-state index contributed by atoms with van der Waals surface area (Å²) in [6, 6.07) is 30.0. The van der Waals surface area contributed by atoms with Crippen LogP contribution in [-0.2, 0) is 37.9 Å². The summed E-state index contributed by atoms with van der Waals surface area (Å²) < 4.78 is 7.69. The summed E-state index contributed by atoms with van der Waals surface area (Å²) in [5, 5.41) is 1.23. The van der Waals surface area contributed by atoms with Gasteiger partial charge in [0.15, 0.2) is 0 Å². The summed E-state index contributed by atoms with van der Waals surface area (Å²) in [6.45, 7) is 41.1. The molecule has 0 fully saturated rings. The predicted molar refractivity (Wildman–Crippen MR) is 284 cm³/mol. The highest BCUT2D eigenvalue weighted by atomic mass is 16.3. The number of aryl methyl sites for hydroxylation is 2. The first-order valence-corrected chi connectivity index (χ1v) is 25.4. The molecule has 5 aliphatic rings. The van der Waals surface area contributed by atoms with Crippen LogP contribution in [0, 0.1) is 13.8 Å². The van der Waals surface area contributed by atoms with E-state index < -0.39 is 0 Å². The number of anilines is 6. The lowest BCUT2D eigenvalue weighted by atomic mass is 9.35. The van der Waals surface area contributed by atoms with Crippen molar-refractivity contribution in [2.45, 2.75) is 194 Å². The second-order valence-electron chi connectivity index (χ2n) is 26.8. The summed E-state index contributed by atoms with van der Waals surface area (Å²) >= 11 is 0. The second kappa shape index (κ2) is 13.5. The highest BCUT2D eigenvalue weighted by molar-refractivity contribution is 7.00. The Morgan fingerprint density at radius 1 is 0.485 bits per heavy atom. The van der Waals surface area contributed by atoms with Crippen molar-refractivity contribution >= 4 is 68.4 Å². The fourth-order valence-corrected chi connectivity index (χ4v) is 13.4. The molecule has 0 atom stereocenters. The Hall–Kier alpha value is -4.70. The monoisotopic (exact) mass is 875 g/mol. The lowest BCUT2D eigenvalue weighted by Crippen LogP contribution is -2.61. The maximum absolute atomic E-state index is 7.69. The summed E-state index contributed by atoms with van der Waals surface area (Å²) in [4.78, 5) is 5.31. The van der Waals surface area contributed by atoms with Gasteiger partial charge in [0.25, 0.3) is 6.71 Å². The first-order valence-electron chi connectivity index (χ1n) is 25.4. The van der Waals surface area contributed by atoms with E-state index in [-0.39, 0.29) is 44.6 Å². The van der Waals surface area contributed by atoms with Crippen LogP contribution in [0.1, 0.15) is 192 Å². The van der Waals surface area contributed by atoms with Crippen LogP contribution in [0.15, 0.2) is 77.2 Å². The summed E-state index contributed by atoms with van der Waals surface area (Å²) in [7, 11) is 0. The van der Waals surface area contributed by atoms with Gasteiger partial charge in [-0.05, 0) is 200 Å². The molecule has 3 aliphatic carbocycles. The molecule has 5 aromatic carbocycles. The van der Waals surface area contributed by atoms with Crippen LogP contribution in [-0.4, -0.2) is 6.71 Å². The molecule has 0 amide bonds. The number of furan rings is 1. The topological polar surface area (TPSA) is 19.6 Å². The van der Waals surface area contributed by atoms with Gasteiger partial charge < -0.3 is 14.2 Å². The summed E-state index contributed by atoms with van der Waals surface area (Å²) in [5.74, 6) is 0. The van der Waals surface area contributed by atoms with Gasteiger partial charge in [0.05, 0.1) is 11.3 Å². The van der Waals surface area contributed by atoms with Crippen LogP contribution < -0.4 is 26.4 Å². The Morgan fingerprint density at radius 3 is 1.55 bits per heavy atom. The first-order chi connectivity index (χ1) is 30.6. The molecule has 0 N–H and O–H groups in total. The molecule has 0 saturated carbocycles. The van der Waals surface area contributed by atoms with E-state index in [0.717, 1.165) is 11.2 Å².